The normalized spacial score (nSPS) is 10.6. The number of aromatic nitrogens is 2. The molecule has 0 bridgehead atoms. The van der Waals surface area contributed by atoms with Crippen molar-refractivity contribution in [3.8, 4) is 0 Å². The highest BCUT2D eigenvalue weighted by molar-refractivity contribution is 5.91. The second-order valence-electron chi connectivity index (χ2n) is 4.93. The van der Waals surface area contributed by atoms with E-state index in [4.69, 9.17) is 0 Å². The van der Waals surface area contributed by atoms with Crippen LogP contribution in [0.5, 0.6) is 0 Å². The van der Waals surface area contributed by atoms with Gasteiger partial charge in [0.15, 0.2) is 0 Å². The molecule has 0 atom stereocenters. The van der Waals surface area contributed by atoms with E-state index in [1.54, 1.807) is 0 Å². The third-order valence-corrected chi connectivity index (χ3v) is 3.29. The van der Waals surface area contributed by atoms with Gasteiger partial charge >= 0.3 is 0 Å². The molecule has 21 heavy (non-hydrogen) atoms. The van der Waals surface area contributed by atoms with Crippen molar-refractivity contribution in [3.05, 3.63) is 24.0 Å². The van der Waals surface area contributed by atoms with E-state index in [1.807, 2.05) is 36.7 Å². The lowest BCUT2D eigenvalue weighted by Crippen LogP contribution is -2.25. The smallest absolute Gasteiger partial charge is 0.221 e. The van der Waals surface area contributed by atoms with E-state index in [9.17, 15) is 9.59 Å². The van der Waals surface area contributed by atoms with Crippen LogP contribution in [0, 0.1) is 0 Å². The van der Waals surface area contributed by atoms with E-state index in [0.717, 1.165) is 22.5 Å². The Morgan fingerprint density at radius 2 is 2.10 bits per heavy atom. The van der Waals surface area contributed by atoms with Crippen LogP contribution >= 0.6 is 0 Å². The van der Waals surface area contributed by atoms with Gasteiger partial charge in [-0.3, -0.25) is 9.59 Å². The molecular weight excluding hydrogens is 268 g/mol. The Balaban J connectivity index is 2.16. The number of anilines is 1. The molecule has 0 unspecified atom stereocenters. The highest BCUT2D eigenvalue weighted by Crippen LogP contribution is 2.19. The molecule has 0 aliphatic rings. The molecule has 2 amide bonds. The largest absolute Gasteiger partial charge is 0.356 e. The number of nitrogens with one attached hydrogen (secondary N) is 2. The second kappa shape index (κ2) is 6.39. The summed E-state index contributed by atoms with van der Waals surface area (Å²) >= 11 is 0. The summed E-state index contributed by atoms with van der Waals surface area (Å²) in [5, 5.41) is 5.59. The molecule has 0 aliphatic heterocycles. The number of carbonyl (C=O) groups is 2. The summed E-state index contributed by atoms with van der Waals surface area (Å²) in [5.74, 6) is 0.843. The molecule has 0 radical (unpaired) electrons. The maximum absolute atomic E-state index is 11.2. The van der Waals surface area contributed by atoms with Gasteiger partial charge in [-0.25, -0.2) is 4.98 Å². The first kappa shape index (κ1) is 15.0. The Morgan fingerprint density at radius 3 is 2.76 bits per heavy atom. The van der Waals surface area contributed by atoms with Crippen molar-refractivity contribution in [2.45, 2.75) is 26.7 Å². The zero-order valence-corrected chi connectivity index (χ0v) is 12.6. The van der Waals surface area contributed by atoms with Crippen LogP contribution in [-0.4, -0.2) is 27.9 Å². The van der Waals surface area contributed by atoms with Crippen LogP contribution in [0.25, 0.3) is 11.0 Å². The second-order valence-corrected chi connectivity index (χ2v) is 4.93. The monoisotopic (exact) mass is 288 g/mol. The van der Waals surface area contributed by atoms with Crippen LogP contribution in [0.15, 0.2) is 18.2 Å². The molecule has 2 aromatic rings. The fourth-order valence-electron chi connectivity index (χ4n) is 2.19. The molecular formula is C15H20N4O2. The fraction of sp³-hybridized carbons (Fsp3) is 0.400. The molecule has 2 rings (SSSR count). The molecule has 1 aromatic heterocycles. The molecule has 0 saturated carbocycles. The van der Waals surface area contributed by atoms with Gasteiger partial charge in [0.1, 0.15) is 5.82 Å². The quantitative estimate of drug-likeness (QED) is 0.877. The number of rotatable bonds is 5. The van der Waals surface area contributed by atoms with Crippen molar-refractivity contribution in [3.63, 3.8) is 0 Å². The van der Waals surface area contributed by atoms with Gasteiger partial charge in [0.25, 0.3) is 0 Å². The summed E-state index contributed by atoms with van der Waals surface area (Å²) in [6, 6.07) is 5.64. The maximum Gasteiger partial charge on any atom is 0.221 e. The Hall–Kier alpha value is -2.37. The summed E-state index contributed by atoms with van der Waals surface area (Å²) in [7, 11) is 1.95. The molecule has 1 heterocycles. The third kappa shape index (κ3) is 3.59. The summed E-state index contributed by atoms with van der Waals surface area (Å²) in [4.78, 5) is 26.9. The number of imidazole rings is 1. The van der Waals surface area contributed by atoms with E-state index >= 15 is 0 Å². The van der Waals surface area contributed by atoms with E-state index in [-0.39, 0.29) is 11.8 Å². The van der Waals surface area contributed by atoms with Crippen LogP contribution in [0.3, 0.4) is 0 Å². The Morgan fingerprint density at radius 1 is 1.33 bits per heavy atom. The fourth-order valence-corrected chi connectivity index (χ4v) is 2.19. The van der Waals surface area contributed by atoms with E-state index in [1.165, 1.54) is 6.92 Å². The molecule has 112 valence electrons. The standard InChI is InChI=1S/C15H20N4O2/c1-4-15(21)16-8-7-14-18-12-9-11(17-10(2)20)5-6-13(12)19(14)3/h5-6,9H,4,7-8H2,1-3H3,(H,16,21)(H,17,20). The number of fused-ring (bicyclic) bond motifs is 1. The summed E-state index contributed by atoms with van der Waals surface area (Å²) in [6.07, 6.45) is 1.16. The molecule has 0 spiro atoms. The molecule has 0 saturated heterocycles. The minimum absolute atomic E-state index is 0.0432. The van der Waals surface area contributed by atoms with Crippen LogP contribution in [0.4, 0.5) is 5.69 Å². The zero-order valence-electron chi connectivity index (χ0n) is 12.6. The molecule has 6 heteroatoms. The SMILES string of the molecule is CCC(=O)NCCc1nc2cc(NC(C)=O)ccc2n1C. The number of aryl methyl sites for hydroxylation is 1. The van der Waals surface area contributed by atoms with Gasteiger partial charge in [0, 0.05) is 39.0 Å². The van der Waals surface area contributed by atoms with E-state index in [2.05, 4.69) is 15.6 Å². The lowest BCUT2D eigenvalue weighted by molar-refractivity contribution is -0.120. The van der Waals surface area contributed by atoms with Gasteiger partial charge in [0.2, 0.25) is 11.8 Å². The molecule has 1 aromatic carbocycles. The van der Waals surface area contributed by atoms with Gasteiger partial charge in [0.05, 0.1) is 11.0 Å². The molecule has 2 N–H and O–H groups in total. The molecule has 0 fully saturated rings. The van der Waals surface area contributed by atoms with Crippen LogP contribution in [0.1, 0.15) is 26.1 Å². The van der Waals surface area contributed by atoms with E-state index < -0.39 is 0 Å². The summed E-state index contributed by atoms with van der Waals surface area (Å²) < 4.78 is 2.00. The minimum Gasteiger partial charge on any atom is -0.356 e. The van der Waals surface area contributed by atoms with Crippen molar-refractivity contribution in [1.82, 2.24) is 14.9 Å². The lowest BCUT2D eigenvalue weighted by atomic mass is 10.2. The topological polar surface area (TPSA) is 76.0 Å². The highest BCUT2D eigenvalue weighted by atomic mass is 16.2. The average Bonchev–Trinajstić information content (AvgIpc) is 2.74. The maximum atomic E-state index is 11.2. The summed E-state index contributed by atoms with van der Waals surface area (Å²) in [5.41, 5.74) is 2.57. The van der Waals surface area contributed by atoms with Crippen molar-refractivity contribution in [1.29, 1.82) is 0 Å². The number of benzene rings is 1. The van der Waals surface area contributed by atoms with E-state index in [0.29, 0.717) is 19.4 Å². The third-order valence-electron chi connectivity index (χ3n) is 3.29. The van der Waals surface area contributed by atoms with Crippen molar-refractivity contribution < 1.29 is 9.59 Å². The highest BCUT2D eigenvalue weighted by Gasteiger charge is 2.09. The number of amides is 2. The Labute approximate surface area is 123 Å². The zero-order chi connectivity index (χ0) is 15.4. The van der Waals surface area contributed by atoms with Crippen LogP contribution in [-0.2, 0) is 23.1 Å². The molecule has 6 nitrogen and oxygen atoms in total. The van der Waals surface area contributed by atoms with Gasteiger partial charge in [-0.05, 0) is 18.2 Å². The van der Waals surface area contributed by atoms with Crippen molar-refractivity contribution in [2.24, 2.45) is 7.05 Å². The molecule has 0 aliphatic carbocycles. The number of hydrogen-bond acceptors (Lipinski definition) is 3. The average molecular weight is 288 g/mol. The minimum atomic E-state index is -0.104. The van der Waals surface area contributed by atoms with Crippen LogP contribution in [0.2, 0.25) is 0 Å². The predicted molar refractivity (Wildman–Crippen MR) is 82.0 cm³/mol. The van der Waals surface area contributed by atoms with Crippen molar-refractivity contribution in [2.75, 3.05) is 11.9 Å². The predicted octanol–water partition coefficient (Wildman–Crippen LogP) is 1.60. The van der Waals surface area contributed by atoms with Crippen LogP contribution < -0.4 is 10.6 Å². The first-order valence-corrected chi connectivity index (χ1v) is 7.01. The van der Waals surface area contributed by atoms with Gasteiger partial charge in [-0.2, -0.15) is 0 Å². The van der Waals surface area contributed by atoms with Gasteiger partial charge in [-0.15, -0.1) is 0 Å². The first-order valence-electron chi connectivity index (χ1n) is 7.01. The van der Waals surface area contributed by atoms with Gasteiger partial charge < -0.3 is 15.2 Å². The van der Waals surface area contributed by atoms with Crippen molar-refractivity contribution >= 4 is 28.5 Å². The number of hydrogen-bond donors (Lipinski definition) is 2. The number of carbonyl (C=O) groups excluding carboxylic acids is 2. The first-order chi connectivity index (χ1) is 10.0. The Bertz CT molecular complexity index is 676. The Kier molecular flexibility index (Phi) is 4.57. The lowest BCUT2D eigenvalue weighted by Gasteiger charge is -2.04. The summed E-state index contributed by atoms with van der Waals surface area (Å²) in [6.45, 7) is 3.88. The van der Waals surface area contributed by atoms with Gasteiger partial charge in [-0.1, -0.05) is 6.92 Å². The number of nitrogens with zero attached hydrogens (tertiary/aromatic N) is 2.